The molecule has 4 rings (SSSR count). The van der Waals surface area contributed by atoms with Crippen LogP contribution in [0.1, 0.15) is 46.3 Å². The molecule has 1 saturated heterocycles. The van der Waals surface area contributed by atoms with Gasteiger partial charge >= 0.3 is 0 Å². The van der Waals surface area contributed by atoms with Crippen molar-refractivity contribution in [2.75, 3.05) is 20.2 Å². The Balaban J connectivity index is 1.42. The van der Waals surface area contributed by atoms with Gasteiger partial charge in [-0.25, -0.2) is 9.97 Å². The number of hydrogen-bond acceptors (Lipinski definition) is 5. The van der Waals surface area contributed by atoms with E-state index in [0.29, 0.717) is 18.0 Å². The molecule has 0 bridgehead atoms. The number of carbonyl (C=O) groups is 1. The molecule has 3 aromatic rings. The zero-order chi connectivity index (χ0) is 19.3. The standard InChI is InChI=1S/C22H23N3O3/c1-27-20-10-9-17(13-23-20)22(26)25-11-5-8-18(15-25)21-24-14-19(28-21)12-16-6-3-2-4-7-16/h2-4,6-7,9-10,13-14,18H,5,8,11-12,15H2,1H3/t18-/m1/s1. The number of rotatable bonds is 5. The zero-order valence-electron chi connectivity index (χ0n) is 15.9. The largest absolute Gasteiger partial charge is 0.481 e. The maximum absolute atomic E-state index is 12.8. The molecule has 1 aromatic carbocycles. The van der Waals surface area contributed by atoms with Gasteiger partial charge in [0.1, 0.15) is 5.76 Å². The number of hydrogen-bond donors (Lipinski definition) is 0. The van der Waals surface area contributed by atoms with Crippen LogP contribution in [0.3, 0.4) is 0 Å². The van der Waals surface area contributed by atoms with Crippen LogP contribution in [-0.4, -0.2) is 41.0 Å². The third-order valence-corrected chi connectivity index (χ3v) is 5.04. The van der Waals surface area contributed by atoms with Crippen molar-refractivity contribution in [3.63, 3.8) is 0 Å². The van der Waals surface area contributed by atoms with Gasteiger partial charge in [0.2, 0.25) is 5.88 Å². The Bertz CT molecular complexity index is 922. The second-order valence-corrected chi connectivity index (χ2v) is 7.01. The van der Waals surface area contributed by atoms with Gasteiger partial charge in [0.25, 0.3) is 5.91 Å². The lowest BCUT2D eigenvalue weighted by Gasteiger charge is -2.31. The molecule has 1 fully saturated rings. The summed E-state index contributed by atoms with van der Waals surface area (Å²) in [6, 6.07) is 13.6. The first kappa shape index (κ1) is 18.2. The van der Waals surface area contributed by atoms with E-state index in [4.69, 9.17) is 9.15 Å². The van der Waals surface area contributed by atoms with Crippen molar-refractivity contribution in [2.45, 2.75) is 25.2 Å². The summed E-state index contributed by atoms with van der Waals surface area (Å²) < 4.78 is 11.1. The van der Waals surface area contributed by atoms with Gasteiger partial charge < -0.3 is 14.1 Å². The summed E-state index contributed by atoms with van der Waals surface area (Å²) in [4.78, 5) is 23.3. The smallest absolute Gasteiger partial charge is 0.255 e. The van der Waals surface area contributed by atoms with Crippen LogP contribution < -0.4 is 4.74 Å². The first-order valence-corrected chi connectivity index (χ1v) is 9.51. The van der Waals surface area contributed by atoms with E-state index in [9.17, 15) is 4.79 Å². The average Bonchev–Trinajstić information content (AvgIpc) is 3.22. The molecule has 144 valence electrons. The van der Waals surface area contributed by atoms with Crippen molar-refractivity contribution in [1.29, 1.82) is 0 Å². The molecule has 0 spiro atoms. The zero-order valence-corrected chi connectivity index (χ0v) is 15.9. The van der Waals surface area contributed by atoms with E-state index in [-0.39, 0.29) is 11.8 Å². The Labute approximate surface area is 164 Å². The topological polar surface area (TPSA) is 68.5 Å². The number of benzene rings is 1. The second-order valence-electron chi connectivity index (χ2n) is 7.01. The molecule has 1 aliphatic rings. The molecule has 0 radical (unpaired) electrons. The number of aromatic nitrogens is 2. The Morgan fingerprint density at radius 2 is 2.04 bits per heavy atom. The Morgan fingerprint density at radius 3 is 2.79 bits per heavy atom. The van der Waals surface area contributed by atoms with Gasteiger partial charge in [0.05, 0.1) is 24.8 Å². The fourth-order valence-corrected chi connectivity index (χ4v) is 3.56. The van der Waals surface area contributed by atoms with Crippen molar-refractivity contribution in [2.24, 2.45) is 0 Å². The SMILES string of the molecule is COc1ccc(C(=O)N2CCC[C@@H](c3ncc(Cc4ccccc4)o3)C2)cn1. The predicted octanol–water partition coefficient (Wildman–Crippen LogP) is 3.69. The molecular weight excluding hydrogens is 354 g/mol. The first-order chi connectivity index (χ1) is 13.7. The number of methoxy groups -OCH3 is 1. The van der Waals surface area contributed by atoms with Gasteiger partial charge in [-0.05, 0) is 24.5 Å². The molecule has 0 N–H and O–H groups in total. The highest BCUT2D eigenvalue weighted by molar-refractivity contribution is 5.94. The van der Waals surface area contributed by atoms with E-state index in [1.807, 2.05) is 23.1 Å². The lowest BCUT2D eigenvalue weighted by molar-refractivity contribution is 0.0697. The number of piperidine rings is 1. The Kier molecular flexibility index (Phi) is 5.37. The molecule has 2 aromatic heterocycles. The quantitative estimate of drug-likeness (QED) is 0.678. The fourth-order valence-electron chi connectivity index (χ4n) is 3.56. The molecule has 6 heteroatoms. The predicted molar refractivity (Wildman–Crippen MR) is 104 cm³/mol. The third-order valence-electron chi connectivity index (χ3n) is 5.04. The summed E-state index contributed by atoms with van der Waals surface area (Å²) in [5, 5.41) is 0. The normalized spacial score (nSPS) is 16.8. The number of pyridine rings is 1. The first-order valence-electron chi connectivity index (χ1n) is 9.51. The van der Waals surface area contributed by atoms with Crippen molar-refractivity contribution >= 4 is 5.91 Å². The van der Waals surface area contributed by atoms with E-state index in [1.54, 1.807) is 31.6 Å². The number of nitrogens with zero attached hydrogens (tertiary/aromatic N) is 3. The molecule has 0 aliphatic carbocycles. The monoisotopic (exact) mass is 377 g/mol. The maximum Gasteiger partial charge on any atom is 0.255 e. The van der Waals surface area contributed by atoms with Crippen LogP contribution >= 0.6 is 0 Å². The van der Waals surface area contributed by atoms with Crippen LogP contribution in [0, 0.1) is 0 Å². The van der Waals surface area contributed by atoms with E-state index < -0.39 is 0 Å². The molecule has 28 heavy (non-hydrogen) atoms. The van der Waals surface area contributed by atoms with Crippen LogP contribution in [0.25, 0.3) is 0 Å². The van der Waals surface area contributed by atoms with Crippen LogP contribution in [-0.2, 0) is 6.42 Å². The van der Waals surface area contributed by atoms with Gasteiger partial charge in [-0.2, -0.15) is 0 Å². The van der Waals surface area contributed by atoms with Crippen LogP contribution in [0.5, 0.6) is 5.88 Å². The molecule has 6 nitrogen and oxygen atoms in total. The second kappa shape index (κ2) is 8.25. The Hall–Kier alpha value is -3.15. The van der Waals surface area contributed by atoms with Crippen molar-refractivity contribution in [3.8, 4) is 5.88 Å². The van der Waals surface area contributed by atoms with Crippen LogP contribution in [0.2, 0.25) is 0 Å². The molecule has 0 unspecified atom stereocenters. The van der Waals surface area contributed by atoms with Gasteiger partial charge in [0, 0.05) is 31.8 Å². The minimum atomic E-state index is -0.0177. The van der Waals surface area contributed by atoms with Gasteiger partial charge in [-0.15, -0.1) is 0 Å². The van der Waals surface area contributed by atoms with Crippen LogP contribution in [0.15, 0.2) is 59.3 Å². The molecular formula is C22H23N3O3. The fraction of sp³-hybridized carbons (Fsp3) is 0.318. The molecule has 1 amide bonds. The lowest BCUT2D eigenvalue weighted by atomic mass is 9.97. The molecule has 1 aliphatic heterocycles. The molecule has 1 atom stereocenters. The number of ether oxygens (including phenoxy) is 1. The molecule has 3 heterocycles. The van der Waals surface area contributed by atoms with Crippen molar-refractivity contribution in [3.05, 3.63) is 77.6 Å². The summed E-state index contributed by atoms with van der Waals surface area (Å²) in [7, 11) is 1.56. The highest BCUT2D eigenvalue weighted by atomic mass is 16.5. The van der Waals surface area contributed by atoms with Gasteiger partial charge in [-0.3, -0.25) is 4.79 Å². The summed E-state index contributed by atoms with van der Waals surface area (Å²) >= 11 is 0. The highest BCUT2D eigenvalue weighted by Gasteiger charge is 2.28. The summed E-state index contributed by atoms with van der Waals surface area (Å²) in [6.45, 7) is 1.34. The minimum Gasteiger partial charge on any atom is -0.481 e. The van der Waals surface area contributed by atoms with E-state index in [1.165, 1.54) is 5.56 Å². The third kappa shape index (κ3) is 4.06. The Morgan fingerprint density at radius 1 is 1.18 bits per heavy atom. The van der Waals surface area contributed by atoms with Gasteiger partial charge in [-0.1, -0.05) is 30.3 Å². The maximum atomic E-state index is 12.8. The molecule has 0 saturated carbocycles. The van der Waals surface area contributed by atoms with Crippen molar-refractivity contribution < 1.29 is 13.9 Å². The average molecular weight is 377 g/mol. The summed E-state index contributed by atoms with van der Waals surface area (Å²) in [5.74, 6) is 2.17. The lowest BCUT2D eigenvalue weighted by Crippen LogP contribution is -2.39. The van der Waals surface area contributed by atoms with E-state index >= 15 is 0 Å². The summed E-state index contributed by atoms with van der Waals surface area (Å²) in [5.41, 5.74) is 1.76. The number of amides is 1. The van der Waals surface area contributed by atoms with Crippen molar-refractivity contribution in [1.82, 2.24) is 14.9 Å². The van der Waals surface area contributed by atoms with Crippen LogP contribution in [0.4, 0.5) is 0 Å². The van der Waals surface area contributed by atoms with Gasteiger partial charge in [0.15, 0.2) is 5.89 Å². The number of likely N-dealkylation sites (tertiary alicyclic amines) is 1. The number of carbonyl (C=O) groups excluding carboxylic acids is 1. The van der Waals surface area contributed by atoms with E-state index in [0.717, 1.165) is 37.5 Å². The van der Waals surface area contributed by atoms with E-state index in [2.05, 4.69) is 22.1 Å². The minimum absolute atomic E-state index is 0.0177. The number of oxazole rings is 1. The highest BCUT2D eigenvalue weighted by Crippen LogP contribution is 2.28. The summed E-state index contributed by atoms with van der Waals surface area (Å²) in [6.07, 6.45) is 5.98.